The summed E-state index contributed by atoms with van der Waals surface area (Å²) in [5.41, 5.74) is 3.70. The molecule has 2 aromatic heterocycles. The molecule has 3 heterocycles. The summed E-state index contributed by atoms with van der Waals surface area (Å²) < 4.78 is 16.5. The molecule has 2 aromatic carbocycles. The highest BCUT2D eigenvalue weighted by Gasteiger charge is 2.23. The maximum Gasteiger partial charge on any atom is 0.241 e. The number of rotatable bonds is 8. The Balaban J connectivity index is 1.07. The van der Waals surface area contributed by atoms with Gasteiger partial charge in [-0.25, -0.2) is 0 Å². The predicted octanol–water partition coefficient (Wildman–Crippen LogP) is 3.81. The fraction of sp³-hybridized carbons (Fsp3) is 0.333. The Morgan fingerprint density at radius 2 is 1.69 bits per heavy atom. The average Bonchev–Trinajstić information content (AvgIpc) is 3.50. The summed E-state index contributed by atoms with van der Waals surface area (Å²) in [5, 5.41) is 8.03. The lowest BCUT2D eigenvalue weighted by Crippen LogP contribution is -2.48. The third-order valence-corrected chi connectivity index (χ3v) is 6.43. The van der Waals surface area contributed by atoms with Gasteiger partial charge in [-0.15, -0.1) is 0 Å². The third kappa shape index (κ3) is 5.63. The average molecular weight is 488 g/mol. The molecule has 36 heavy (non-hydrogen) atoms. The molecule has 0 radical (unpaired) electrons. The van der Waals surface area contributed by atoms with Gasteiger partial charge in [-0.1, -0.05) is 52.8 Å². The molecular weight excluding hydrogens is 458 g/mol. The van der Waals surface area contributed by atoms with Crippen LogP contribution in [0.25, 0.3) is 11.4 Å². The van der Waals surface area contributed by atoms with E-state index in [1.54, 1.807) is 0 Å². The molecule has 1 aliphatic heterocycles. The van der Waals surface area contributed by atoms with Crippen LogP contribution in [0.2, 0.25) is 0 Å². The number of piperazine rings is 1. The lowest BCUT2D eigenvalue weighted by Gasteiger charge is -2.34. The molecule has 0 spiro atoms. The number of nitrogens with zero attached hydrogens (tertiary/aromatic N) is 5. The van der Waals surface area contributed by atoms with Crippen molar-refractivity contribution in [2.45, 2.75) is 33.4 Å². The van der Waals surface area contributed by atoms with Crippen LogP contribution < -0.4 is 4.74 Å². The van der Waals surface area contributed by atoms with Crippen molar-refractivity contribution in [2.75, 3.05) is 26.2 Å². The molecule has 0 aliphatic carbocycles. The van der Waals surface area contributed by atoms with Crippen LogP contribution in [0.15, 0.2) is 63.6 Å². The molecule has 186 valence electrons. The largest absolute Gasteiger partial charge is 0.489 e. The monoisotopic (exact) mass is 487 g/mol. The SMILES string of the molecule is Cc1noc(C)c1COc1ccc(CC(=O)N2CCN(Cc3nc(-c4ccccc4)no3)CC2)cc1. The minimum absolute atomic E-state index is 0.128. The first-order valence-electron chi connectivity index (χ1n) is 12.1. The van der Waals surface area contributed by atoms with E-state index >= 15 is 0 Å². The smallest absolute Gasteiger partial charge is 0.241 e. The van der Waals surface area contributed by atoms with Crippen molar-refractivity contribution in [3.63, 3.8) is 0 Å². The van der Waals surface area contributed by atoms with Gasteiger partial charge in [0.05, 0.1) is 24.2 Å². The Hall–Kier alpha value is -3.98. The van der Waals surface area contributed by atoms with Gasteiger partial charge in [-0.05, 0) is 31.5 Å². The lowest BCUT2D eigenvalue weighted by atomic mass is 10.1. The fourth-order valence-electron chi connectivity index (χ4n) is 4.22. The number of carbonyl (C=O) groups excluding carboxylic acids is 1. The van der Waals surface area contributed by atoms with E-state index < -0.39 is 0 Å². The van der Waals surface area contributed by atoms with Crippen LogP contribution in [-0.4, -0.2) is 57.2 Å². The summed E-state index contributed by atoms with van der Waals surface area (Å²) in [6.07, 6.45) is 0.369. The zero-order chi connectivity index (χ0) is 24.9. The summed E-state index contributed by atoms with van der Waals surface area (Å²) in [6.45, 7) is 7.65. The zero-order valence-corrected chi connectivity index (χ0v) is 20.5. The maximum atomic E-state index is 12.9. The summed E-state index contributed by atoms with van der Waals surface area (Å²) in [4.78, 5) is 21.5. The Morgan fingerprint density at radius 1 is 0.944 bits per heavy atom. The van der Waals surface area contributed by atoms with Crippen molar-refractivity contribution in [1.82, 2.24) is 25.1 Å². The Bertz CT molecular complexity index is 1270. The lowest BCUT2D eigenvalue weighted by molar-refractivity contribution is -0.132. The molecule has 0 unspecified atom stereocenters. The first-order chi connectivity index (χ1) is 17.5. The van der Waals surface area contributed by atoms with Crippen molar-refractivity contribution in [1.29, 1.82) is 0 Å². The second kappa shape index (κ2) is 10.7. The van der Waals surface area contributed by atoms with Crippen molar-refractivity contribution in [3.05, 3.63) is 83.1 Å². The first-order valence-corrected chi connectivity index (χ1v) is 12.1. The molecule has 0 bridgehead atoms. The van der Waals surface area contributed by atoms with Crippen LogP contribution in [-0.2, 0) is 24.4 Å². The number of amides is 1. The van der Waals surface area contributed by atoms with Crippen LogP contribution in [0.5, 0.6) is 5.75 Å². The molecule has 9 nitrogen and oxygen atoms in total. The van der Waals surface area contributed by atoms with Gasteiger partial charge in [0.2, 0.25) is 17.6 Å². The van der Waals surface area contributed by atoms with Gasteiger partial charge in [0.25, 0.3) is 0 Å². The van der Waals surface area contributed by atoms with E-state index in [-0.39, 0.29) is 5.91 Å². The first kappa shape index (κ1) is 23.7. The van der Waals surface area contributed by atoms with Crippen LogP contribution in [0.1, 0.15) is 28.5 Å². The summed E-state index contributed by atoms with van der Waals surface area (Å²) in [6, 6.07) is 17.4. The van der Waals surface area contributed by atoms with Gasteiger partial charge in [0.1, 0.15) is 18.1 Å². The van der Waals surface area contributed by atoms with Crippen LogP contribution >= 0.6 is 0 Å². The van der Waals surface area contributed by atoms with Gasteiger partial charge in [-0.2, -0.15) is 4.98 Å². The van der Waals surface area contributed by atoms with E-state index in [0.29, 0.717) is 44.4 Å². The Kier molecular flexibility index (Phi) is 7.08. The van der Waals surface area contributed by atoms with Gasteiger partial charge in [0, 0.05) is 31.7 Å². The van der Waals surface area contributed by atoms with Crippen molar-refractivity contribution in [2.24, 2.45) is 0 Å². The van der Waals surface area contributed by atoms with Crippen LogP contribution in [0, 0.1) is 13.8 Å². The quantitative estimate of drug-likeness (QED) is 0.370. The highest BCUT2D eigenvalue weighted by Crippen LogP contribution is 2.19. The Labute approximate surface area is 209 Å². The highest BCUT2D eigenvalue weighted by molar-refractivity contribution is 5.79. The number of carbonyl (C=O) groups is 1. The minimum atomic E-state index is 0.128. The molecule has 1 aliphatic rings. The van der Waals surface area contributed by atoms with E-state index in [2.05, 4.69) is 20.2 Å². The predicted molar refractivity (Wildman–Crippen MR) is 132 cm³/mol. The second-order valence-corrected chi connectivity index (χ2v) is 8.95. The molecule has 0 atom stereocenters. The van der Waals surface area contributed by atoms with Crippen molar-refractivity contribution in [3.8, 4) is 17.1 Å². The second-order valence-electron chi connectivity index (χ2n) is 8.95. The van der Waals surface area contributed by atoms with E-state index in [1.165, 1.54) is 0 Å². The molecule has 9 heteroatoms. The van der Waals surface area contributed by atoms with E-state index in [1.807, 2.05) is 73.3 Å². The van der Waals surface area contributed by atoms with E-state index in [9.17, 15) is 4.79 Å². The number of aryl methyl sites for hydroxylation is 2. The van der Waals surface area contributed by atoms with Gasteiger partial charge < -0.3 is 18.7 Å². The van der Waals surface area contributed by atoms with E-state index in [4.69, 9.17) is 13.8 Å². The number of hydrogen-bond acceptors (Lipinski definition) is 8. The maximum absolute atomic E-state index is 12.9. The summed E-state index contributed by atoms with van der Waals surface area (Å²) in [5.74, 6) is 2.83. The minimum Gasteiger partial charge on any atom is -0.489 e. The van der Waals surface area contributed by atoms with Crippen molar-refractivity contribution < 1.29 is 18.6 Å². The van der Waals surface area contributed by atoms with Crippen LogP contribution in [0.3, 0.4) is 0 Å². The number of ether oxygens (including phenoxy) is 1. The molecule has 1 amide bonds. The Morgan fingerprint density at radius 3 is 2.39 bits per heavy atom. The third-order valence-electron chi connectivity index (χ3n) is 6.43. The van der Waals surface area contributed by atoms with E-state index in [0.717, 1.165) is 47.0 Å². The summed E-state index contributed by atoms with van der Waals surface area (Å²) in [7, 11) is 0. The number of hydrogen-bond donors (Lipinski definition) is 0. The van der Waals surface area contributed by atoms with Crippen molar-refractivity contribution >= 4 is 5.91 Å². The normalized spacial score (nSPS) is 14.2. The molecule has 4 aromatic rings. The highest BCUT2D eigenvalue weighted by atomic mass is 16.5. The molecular formula is C27H29N5O4. The summed E-state index contributed by atoms with van der Waals surface area (Å²) >= 11 is 0. The molecule has 5 rings (SSSR count). The molecule has 0 saturated carbocycles. The topological polar surface area (TPSA) is 97.7 Å². The number of aromatic nitrogens is 3. The van der Waals surface area contributed by atoms with Crippen LogP contribution in [0.4, 0.5) is 0 Å². The van der Waals surface area contributed by atoms with Gasteiger partial charge >= 0.3 is 0 Å². The van der Waals surface area contributed by atoms with Gasteiger partial charge in [-0.3, -0.25) is 9.69 Å². The standard InChI is InChI=1S/C27H29N5O4/c1-19-24(20(2)35-29-19)18-34-23-10-8-21(9-11-23)16-26(33)32-14-12-31(13-15-32)17-25-28-27(30-36-25)22-6-4-3-5-7-22/h3-11H,12-18H2,1-2H3. The van der Waals surface area contributed by atoms with Gasteiger partial charge in [0.15, 0.2) is 0 Å². The molecule has 1 saturated heterocycles. The fourth-order valence-corrected chi connectivity index (χ4v) is 4.22. The zero-order valence-electron chi connectivity index (χ0n) is 20.5. The molecule has 0 N–H and O–H groups in total. The molecule has 1 fully saturated rings. The number of benzene rings is 2.